The smallest absolute Gasteiger partial charge is 0.348 e. The van der Waals surface area contributed by atoms with Gasteiger partial charge in [-0.25, -0.2) is 4.79 Å². The van der Waals surface area contributed by atoms with Crippen LogP contribution in [0.2, 0.25) is 5.02 Å². The summed E-state index contributed by atoms with van der Waals surface area (Å²) in [6.45, 7) is 1.40. The van der Waals surface area contributed by atoms with E-state index < -0.39 is 17.5 Å². The Bertz CT molecular complexity index is 462. The number of carbonyl (C=O) groups is 2. The second kappa shape index (κ2) is 6.68. The molecule has 0 spiro atoms. The topological polar surface area (TPSA) is 83.8 Å². The monoisotopic (exact) mass is 304 g/mol. The van der Waals surface area contributed by atoms with Gasteiger partial charge in [0.25, 0.3) is 0 Å². The quantitative estimate of drug-likeness (QED) is 0.804. The van der Waals surface area contributed by atoms with Gasteiger partial charge in [0.2, 0.25) is 5.60 Å². The number of hydrogen-bond acceptors (Lipinski definition) is 4. The van der Waals surface area contributed by atoms with E-state index in [0.717, 1.165) is 11.8 Å². The zero-order chi connectivity index (χ0) is 14.5. The Morgan fingerprint density at radius 3 is 2.37 bits per heavy atom. The van der Waals surface area contributed by atoms with Crippen LogP contribution in [0.1, 0.15) is 6.92 Å². The van der Waals surface area contributed by atoms with Crippen molar-refractivity contribution in [3.05, 3.63) is 29.3 Å². The van der Waals surface area contributed by atoms with Gasteiger partial charge in [-0.05, 0) is 31.2 Å². The van der Waals surface area contributed by atoms with E-state index in [1.54, 1.807) is 24.3 Å². The van der Waals surface area contributed by atoms with Crippen molar-refractivity contribution in [2.75, 3.05) is 11.5 Å². The highest BCUT2D eigenvalue weighted by Crippen LogP contribution is 2.24. The number of ether oxygens (including phenoxy) is 1. The van der Waals surface area contributed by atoms with Gasteiger partial charge in [-0.2, -0.15) is 0 Å². The molecule has 1 aromatic rings. The Morgan fingerprint density at radius 1 is 1.32 bits per heavy atom. The molecule has 1 unspecified atom stereocenters. The van der Waals surface area contributed by atoms with E-state index in [9.17, 15) is 14.7 Å². The van der Waals surface area contributed by atoms with Crippen LogP contribution < -0.4 is 4.74 Å². The molecule has 19 heavy (non-hydrogen) atoms. The van der Waals surface area contributed by atoms with E-state index >= 15 is 0 Å². The van der Waals surface area contributed by atoms with Crippen molar-refractivity contribution in [1.82, 2.24) is 0 Å². The molecule has 7 heteroatoms. The summed E-state index contributed by atoms with van der Waals surface area (Å²) >= 11 is 6.71. The Labute approximate surface area is 119 Å². The van der Waals surface area contributed by atoms with Crippen LogP contribution >= 0.6 is 23.4 Å². The highest BCUT2D eigenvalue weighted by molar-refractivity contribution is 8.00. The molecule has 104 valence electrons. The van der Waals surface area contributed by atoms with Crippen LogP contribution in [-0.2, 0) is 9.59 Å². The van der Waals surface area contributed by atoms with Crippen LogP contribution in [0.4, 0.5) is 0 Å². The molecule has 0 aliphatic rings. The van der Waals surface area contributed by atoms with Gasteiger partial charge in [0, 0.05) is 10.8 Å². The van der Waals surface area contributed by atoms with Gasteiger partial charge >= 0.3 is 11.9 Å². The van der Waals surface area contributed by atoms with Gasteiger partial charge < -0.3 is 14.9 Å². The van der Waals surface area contributed by atoms with Gasteiger partial charge in [-0.15, -0.1) is 11.8 Å². The maximum absolute atomic E-state index is 11.3. The summed E-state index contributed by atoms with van der Waals surface area (Å²) in [5.41, 5.74) is -1.49. The van der Waals surface area contributed by atoms with Crippen molar-refractivity contribution < 1.29 is 24.5 Å². The van der Waals surface area contributed by atoms with Crippen molar-refractivity contribution in [3.8, 4) is 5.75 Å². The molecule has 1 rings (SSSR count). The molecule has 0 fully saturated rings. The first-order chi connectivity index (χ1) is 8.83. The molecule has 5 nitrogen and oxygen atoms in total. The number of benzene rings is 1. The predicted octanol–water partition coefficient (Wildman–Crippen LogP) is 2.38. The number of hydrogen-bond donors (Lipinski definition) is 2. The molecule has 0 radical (unpaired) electrons. The Balaban J connectivity index is 2.73. The number of carboxylic acids is 2. The Morgan fingerprint density at radius 2 is 1.89 bits per heavy atom. The molecular weight excluding hydrogens is 292 g/mol. The summed E-state index contributed by atoms with van der Waals surface area (Å²) in [4.78, 5) is 21.7. The highest BCUT2D eigenvalue weighted by Gasteiger charge is 2.35. The summed E-state index contributed by atoms with van der Waals surface area (Å²) in [5.74, 6) is -1.93. The van der Waals surface area contributed by atoms with Crippen LogP contribution in [0, 0.1) is 0 Å². The molecule has 1 atom stereocenters. The second-order valence-corrected chi connectivity index (χ2v) is 5.40. The molecule has 0 saturated heterocycles. The highest BCUT2D eigenvalue weighted by atomic mass is 35.5. The first-order valence-electron chi connectivity index (χ1n) is 5.31. The molecule has 0 aliphatic heterocycles. The van der Waals surface area contributed by atoms with Crippen LogP contribution in [0.3, 0.4) is 0 Å². The minimum absolute atomic E-state index is 0.0251. The lowest BCUT2D eigenvalue weighted by Gasteiger charge is -2.25. The van der Waals surface area contributed by atoms with Crippen LogP contribution in [0.25, 0.3) is 0 Å². The fourth-order valence-electron chi connectivity index (χ4n) is 1.23. The summed E-state index contributed by atoms with van der Waals surface area (Å²) in [5, 5.41) is 18.3. The van der Waals surface area contributed by atoms with Crippen LogP contribution in [0.15, 0.2) is 24.3 Å². The lowest BCUT2D eigenvalue weighted by atomic mass is 10.1. The number of carboxylic acid groups (broad SMARTS) is 2. The van der Waals surface area contributed by atoms with Gasteiger partial charge in [0.15, 0.2) is 0 Å². The minimum atomic E-state index is -1.49. The predicted molar refractivity (Wildman–Crippen MR) is 73.1 cm³/mol. The molecule has 0 amide bonds. The van der Waals surface area contributed by atoms with Crippen molar-refractivity contribution in [3.63, 3.8) is 0 Å². The van der Waals surface area contributed by atoms with E-state index in [0.29, 0.717) is 10.8 Å². The molecule has 0 saturated carbocycles. The standard InChI is InChI=1S/C12H13ClO5S/c1-12(11(16)17,7-19-6-10(14)15)18-9-4-2-8(13)3-5-9/h2-5H,6-7H2,1H3,(H,14,15)(H,16,17). The fourth-order valence-corrected chi connectivity index (χ4v) is 2.21. The number of rotatable bonds is 7. The third-order valence-corrected chi connectivity index (χ3v) is 3.67. The van der Waals surface area contributed by atoms with Gasteiger partial charge in [-0.1, -0.05) is 11.6 Å². The third kappa shape index (κ3) is 5.00. The number of thioether (sulfide) groups is 1. The van der Waals surface area contributed by atoms with E-state index in [2.05, 4.69) is 0 Å². The summed E-state index contributed by atoms with van der Waals surface area (Å²) in [6.07, 6.45) is 0. The van der Waals surface area contributed by atoms with E-state index in [1.807, 2.05) is 0 Å². The Hall–Kier alpha value is -1.40. The molecule has 0 heterocycles. The average Bonchev–Trinajstić information content (AvgIpc) is 2.31. The van der Waals surface area contributed by atoms with Crippen molar-refractivity contribution in [2.24, 2.45) is 0 Å². The maximum Gasteiger partial charge on any atom is 0.348 e. The molecule has 0 aliphatic carbocycles. The lowest BCUT2D eigenvalue weighted by molar-refractivity contribution is -0.151. The lowest BCUT2D eigenvalue weighted by Crippen LogP contribution is -2.44. The van der Waals surface area contributed by atoms with E-state index in [4.69, 9.17) is 21.4 Å². The SMILES string of the molecule is CC(CSCC(=O)O)(Oc1ccc(Cl)cc1)C(=O)O. The summed E-state index contributed by atoms with van der Waals surface area (Å²) < 4.78 is 5.43. The molecule has 1 aromatic carbocycles. The van der Waals surface area contributed by atoms with Crippen molar-refractivity contribution in [2.45, 2.75) is 12.5 Å². The number of halogens is 1. The van der Waals surface area contributed by atoms with Crippen molar-refractivity contribution in [1.29, 1.82) is 0 Å². The van der Waals surface area contributed by atoms with Gasteiger partial charge in [0.1, 0.15) is 5.75 Å². The number of aliphatic carboxylic acids is 2. The van der Waals surface area contributed by atoms with Crippen LogP contribution in [0.5, 0.6) is 5.75 Å². The van der Waals surface area contributed by atoms with E-state index in [-0.39, 0.29) is 11.5 Å². The molecular formula is C12H13ClO5S. The first kappa shape index (κ1) is 15.7. The van der Waals surface area contributed by atoms with E-state index in [1.165, 1.54) is 6.92 Å². The largest absolute Gasteiger partial charge is 0.481 e. The van der Waals surface area contributed by atoms with Gasteiger partial charge in [0.05, 0.1) is 5.75 Å². The van der Waals surface area contributed by atoms with Crippen LogP contribution in [-0.4, -0.2) is 39.3 Å². The molecule has 0 aromatic heterocycles. The Kier molecular flexibility index (Phi) is 5.50. The fraction of sp³-hybridized carbons (Fsp3) is 0.333. The van der Waals surface area contributed by atoms with Gasteiger partial charge in [-0.3, -0.25) is 4.79 Å². The zero-order valence-electron chi connectivity index (χ0n) is 10.1. The molecule has 0 bridgehead atoms. The normalized spacial score (nSPS) is 13.6. The van der Waals surface area contributed by atoms with Crippen molar-refractivity contribution >= 4 is 35.3 Å². The third-order valence-electron chi connectivity index (χ3n) is 2.21. The average molecular weight is 305 g/mol. The minimum Gasteiger partial charge on any atom is -0.481 e. The second-order valence-electron chi connectivity index (χ2n) is 3.98. The molecule has 2 N–H and O–H groups in total. The summed E-state index contributed by atoms with van der Waals surface area (Å²) in [6, 6.07) is 6.30. The summed E-state index contributed by atoms with van der Waals surface area (Å²) in [7, 11) is 0. The maximum atomic E-state index is 11.3. The first-order valence-corrected chi connectivity index (χ1v) is 6.84. The zero-order valence-corrected chi connectivity index (χ0v) is 11.7.